The highest BCUT2D eigenvalue weighted by atomic mass is 35.5. The van der Waals surface area contributed by atoms with Gasteiger partial charge in [0.1, 0.15) is 15.8 Å². The molecule has 0 bridgehead atoms. The van der Waals surface area contributed by atoms with Crippen LogP contribution in [-0.2, 0) is 4.79 Å². The SMILES string of the molecule is C=CCN1C(=O)C(=Cc2ccccc2OCCCOc2ccc(Cl)cc2)SC1=S. The van der Waals surface area contributed by atoms with Crippen LogP contribution in [0.15, 0.2) is 66.1 Å². The molecule has 1 aliphatic rings. The van der Waals surface area contributed by atoms with E-state index < -0.39 is 0 Å². The standard InChI is InChI=1S/C22H20ClNO3S2/c1-2-12-24-21(25)20(29-22(24)28)15-16-6-3-4-7-19(16)27-14-5-13-26-18-10-8-17(23)9-11-18/h2-4,6-11,15H,1,5,12-14H2. The summed E-state index contributed by atoms with van der Waals surface area (Å²) in [5.74, 6) is 1.38. The molecule has 1 aliphatic heterocycles. The second-order valence-electron chi connectivity index (χ2n) is 6.12. The number of carbonyl (C=O) groups is 1. The number of thiocarbonyl (C=S) groups is 1. The van der Waals surface area contributed by atoms with E-state index in [1.807, 2.05) is 42.5 Å². The molecule has 3 rings (SSSR count). The zero-order valence-corrected chi connectivity index (χ0v) is 18.1. The Morgan fingerprint density at radius 2 is 1.83 bits per heavy atom. The average molecular weight is 446 g/mol. The van der Waals surface area contributed by atoms with Crippen LogP contribution < -0.4 is 9.47 Å². The molecule has 0 saturated carbocycles. The van der Waals surface area contributed by atoms with Crippen LogP contribution >= 0.6 is 35.6 Å². The van der Waals surface area contributed by atoms with Crippen molar-refractivity contribution in [1.29, 1.82) is 0 Å². The van der Waals surface area contributed by atoms with Gasteiger partial charge in [-0.25, -0.2) is 0 Å². The molecule has 7 heteroatoms. The normalized spacial score (nSPS) is 15.1. The molecule has 1 saturated heterocycles. The number of halogens is 1. The summed E-state index contributed by atoms with van der Waals surface area (Å²) in [7, 11) is 0. The van der Waals surface area contributed by atoms with Gasteiger partial charge in [-0.1, -0.05) is 59.9 Å². The van der Waals surface area contributed by atoms with Crippen molar-refractivity contribution < 1.29 is 14.3 Å². The van der Waals surface area contributed by atoms with Gasteiger partial charge in [-0.2, -0.15) is 0 Å². The number of ether oxygens (including phenoxy) is 2. The largest absolute Gasteiger partial charge is 0.493 e. The first-order valence-corrected chi connectivity index (χ1v) is 10.6. The van der Waals surface area contributed by atoms with E-state index in [-0.39, 0.29) is 5.91 Å². The molecular formula is C22H20ClNO3S2. The van der Waals surface area contributed by atoms with Gasteiger partial charge in [0, 0.05) is 23.6 Å². The zero-order chi connectivity index (χ0) is 20.6. The topological polar surface area (TPSA) is 38.8 Å². The Bertz CT molecular complexity index is 928. The number of thioether (sulfide) groups is 1. The number of hydrogen-bond acceptors (Lipinski definition) is 5. The minimum Gasteiger partial charge on any atom is -0.493 e. The van der Waals surface area contributed by atoms with Crippen molar-refractivity contribution in [3.63, 3.8) is 0 Å². The Morgan fingerprint density at radius 1 is 1.10 bits per heavy atom. The molecule has 0 N–H and O–H groups in total. The summed E-state index contributed by atoms with van der Waals surface area (Å²) in [4.78, 5) is 14.6. The van der Waals surface area contributed by atoms with E-state index in [0.29, 0.717) is 39.8 Å². The third-order valence-electron chi connectivity index (χ3n) is 4.02. The number of benzene rings is 2. The summed E-state index contributed by atoms with van der Waals surface area (Å²) in [5.41, 5.74) is 0.838. The molecule has 150 valence electrons. The van der Waals surface area contributed by atoms with Crippen LogP contribution in [0.3, 0.4) is 0 Å². The highest BCUT2D eigenvalue weighted by molar-refractivity contribution is 8.26. The number of para-hydroxylation sites is 1. The van der Waals surface area contributed by atoms with E-state index in [0.717, 1.165) is 17.7 Å². The molecule has 0 atom stereocenters. The van der Waals surface area contributed by atoms with E-state index in [2.05, 4.69) is 6.58 Å². The molecule has 0 spiro atoms. The van der Waals surface area contributed by atoms with Gasteiger partial charge in [0.15, 0.2) is 0 Å². The summed E-state index contributed by atoms with van der Waals surface area (Å²) in [5, 5.41) is 0.679. The van der Waals surface area contributed by atoms with Crippen molar-refractivity contribution in [2.45, 2.75) is 6.42 Å². The van der Waals surface area contributed by atoms with E-state index >= 15 is 0 Å². The first kappa shape index (κ1) is 21.4. The van der Waals surface area contributed by atoms with Gasteiger partial charge in [0.25, 0.3) is 5.91 Å². The molecule has 0 aliphatic carbocycles. The van der Waals surface area contributed by atoms with Crippen molar-refractivity contribution in [3.05, 3.63) is 76.7 Å². The molecule has 1 heterocycles. The first-order valence-electron chi connectivity index (χ1n) is 9.05. The third-order valence-corrected chi connectivity index (χ3v) is 5.65. The minimum absolute atomic E-state index is 0.105. The number of nitrogens with zero attached hydrogens (tertiary/aromatic N) is 1. The highest BCUT2D eigenvalue weighted by Crippen LogP contribution is 2.34. The fraction of sp³-hybridized carbons (Fsp3) is 0.182. The number of rotatable bonds is 9. The van der Waals surface area contributed by atoms with Crippen molar-refractivity contribution in [3.8, 4) is 11.5 Å². The van der Waals surface area contributed by atoms with E-state index in [1.54, 1.807) is 18.2 Å². The second kappa shape index (κ2) is 10.5. The lowest BCUT2D eigenvalue weighted by Gasteiger charge is -2.11. The number of hydrogen-bond donors (Lipinski definition) is 0. The lowest BCUT2D eigenvalue weighted by Crippen LogP contribution is -2.27. The van der Waals surface area contributed by atoms with Crippen LogP contribution in [0.25, 0.3) is 6.08 Å². The van der Waals surface area contributed by atoms with E-state index in [4.69, 9.17) is 33.3 Å². The van der Waals surface area contributed by atoms with Gasteiger partial charge >= 0.3 is 0 Å². The monoisotopic (exact) mass is 445 g/mol. The lowest BCUT2D eigenvalue weighted by molar-refractivity contribution is -0.121. The summed E-state index contributed by atoms with van der Waals surface area (Å²) in [6, 6.07) is 14.9. The van der Waals surface area contributed by atoms with Crippen LogP contribution in [-0.4, -0.2) is 34.9 Å². The van der Waals surface area contributed by atoms with Crippen LogP contribution in [0.5, 0.6) is 11.5 Å². The van der Waals surface area contributed by atoms with E-state index in [9.17, 15) is 4.79 Å². The summed E-state index contributed by atoms with van der Waals surface area (Å²) in [6.45, 7) is 5.11. The molecule has 2 aromatic rings. The highest BCUT2D eigenvalue weighted by Gasteiger charge is 2.31. The Balaban J connectivity index is 1.56. The number of carbonyl (C=O) groups excluding carboxylic acids is 1. The molecule has 29 heavy (non-hydrogen) atoms. The lowest BCUT2D eigenvalue weighted by atomic mass is 10.2. The number of amides is 1. The molecule has 4 nitrogen and oxygen atoms in total. The van der Waals surface area contributed by atoms with E-state index in [1.165, 1.54) is 16.7 Å². The predicted molar refractivity (Wildman–Crippen MR) is 124 cm³/mol. The average Bonchev–Trinajstić information content (AvgIpc) is 2.98. The zero-order valence-electron chi connectivity index (χ0n) is 15.7. The first-order chi connectivity index (χ1) is 14.1. The van der Waals surface area contributed by atoms with Gasteiger partial charge in [-0.05, 0) is 36.4 Å². The van der Waals surface area contributed by atoms with Crippen molar-refractivity contribution in [2.75, 3.05) is 19.8 Å². The molecule has 1 fully saturated rings. The fourth-order valence-corrected chi connectivity index (χ4v) is 4.01. The molecule has 0 radical (unpaired) electrons. The van der Waals surface area contributed by atoms with Gasteiger partial charge in [-0.3, -0.25) is 9.69 Å². The van der Waals surface area contributed by atoms with Crippen molar-refractivity contribution >= 4 is 51.9 Å². The fourth-order valence-electron chi connectivity index (χ4n) is 2.62. The summed E-state index contributed by atoms with van der Waals surface area (Å²) >= 11 is 12.4. The molecule has 2 aromatic carbocycles. The predicted octanol–water partition coefficient (Wildman–Crippen LogP) is 5.58. The Kier molecular flexibility index (Phi) is 7.75. The van der Waals surface area contributed by atoms with Crippen LogP contribution in [0.2, 0.25) is 5.02 Å². The molecular weight excluding hydrogens is 426 g/mol. The smallest absolute Gasteiger partial charge is 0.266 e. The molecule has 1 amide bonds. The van der Waals surface area contributed by atoms with Crippen molar-refractivity contribution in [1.82, 2.24) is 4.90 Å². The minimum atomic E-state index is -0.105. The van der Waals surface area contributed by atoms with Crippen LogP contribution in [0.4, 0.5) is 0 Å². The Hall–Kier alpha value is -2.28. The van der Waals surface area contributed by atoms with Gasteiger partial charge < -0.3 is 9.47 Å². The summed E-state index contributed by atoms with van der Waals surface area (Å²) < 4.78 is 12.1. The molecule has 0 unspecified atom stereocenters. The third kappa shape index (κ3) is 5.85. The summed E-state index contributed by atoms with van der Waals surface area (Å²) in [6.07, 6.45) is 4.21. The maximum Gasteiger partial charge on any atom is 0.266 e. The Labute approximate surface area is 185 Å². The quantitative estimate of drug-likeness (QED) is 0.218. The van der Waals surface area contributed by atoms with Gasteiger partial charge in [0.05, 0.1) is 18.1 Å². The van der Waals surface area contributed by atoms with Gasteiger partial charge in [-0.15, -0.1) is 6.58 Å². The van der Waals surface area contributed by atoms with Crippen LogP contribution in [0.1, 0.15) is 12.0 Å². The molecule has 0 aromatic heterocycles. The van der Waals surface area contributed by atoms with Crippen molar-refractivity contribution in [2.24, 2.45) is 0 Å². The second-order valence-corrected chi connectivity index (χ2v) is 8.24. The van der Waals surface area contributed by atoms with Gasteiger partial charge in [0.2, 0.25) is 0 Å². The maximum atomic E-state index is 12.5. The Morgan fingerprint density at radius 3 is 2.59 bits per heavy atom. The maximum absolute atomic E-state index is 12.5. The van der Waals surface area contributed by atoms with Crippen LogP contribution in [0, 0.1) is 0 Å².